The van der Waals surface area contributed by atoms with Crippen LogP contribution in [0.5, 0.6) is 0 Å². The summed E-state index contributed by atoms with van der Waals surface area (Å²) >= 11 is 1.77. The standard InChI is InChI=1S/C12H21N3OS/c1-5-13-11-9(2)12(15-10(3)14-11)17-8-6-7-16-4/h5-8H2,1-4H3,(H,13,14,15). The van der Waals surface area contributed by atoms with E-state index in [1.165, 1.54) is 0 Å². The molecule has 0 fully saturated rings. The zero-order valence-electron chi connectivity index (χ0n) is 11.0. The number of thioether (sulfide) groups is 1. The highest BCUT2D eigenvalue weighted by molar-refractivity contribution is 7.99. The van der Waals surface area contributed by atoms with Crippen LogP contribution < -0.4 is 5.32 Å². The average Bonchev–Trinajstić information content (AvgIpc) is 2.30. The summed E-state index contributed by atoms with van der Waals surface area (Å²) in [5.74, 6) is 2.80. The first-order valence-electron chi connectivity index (χ1n) is 5.89. The van der Waals surface area contributed by atoms with E-state index in [1.807, 2.05) is 6.92 Å². The Labute approximate surface area is 108 Å². The van der Waals surface area contributed by atoms with Gasteiger partial charge < -0.3 is 10.1 Å². The molecule has 17 heavy (non-hydrogen) atoms. The van der Waals surface area contributed by atoms with Crippen LogP contribution in [0.3, 0.4) is 0 Å². The van der Waals surface area contributed by atoms with Gasteiger partial charge in [0.1, 0.15) is 16.7 Å². The Bertz CT molecular complexity index is 358. The number of rotatable bonds is 7. The van der Waals surface area contributed by atoms with E-state index in [2.05, 4.69) is 29.1 Å². The molecular formula is C12H21N3OS. The third-order valence-electron chi connectivity index (χ3n) is 2.29. The fourth-order valence-corrected chi connectivity index (χ4v) is 2.42. The van der Waals surface area contributed by atoms with E-state index in [9.17, 15) is 0 Å². The first kappa shape index (κ1) is 14.3. The van der Waals surface area contributed by atoms with Gasteiger partial charge in [0, 0.05) is 31.6 Å². The molecule has 0 saturated carbocycles. The number of aryl methyl sites for hydroxylation is 1. The lowest BCUT2D eigenvalue weighted by atomic mass is 10.3. The van der Waals surface area contributed by atoms with Gasteiger partial charge in [-0.15, -0.1) is 11.8 Å². The quantitative estimate of drug-likeness (QED) is 0.461. The fraction of sp³-hybridized carbons (Fsp3) is 0.667. The fourth-order valence-electron chi connectivity index (χ4n) is 1.45. The van der Waals surface area contributed by atoms with Crippen LogP contribution in [0.4, 0.5) is 5.82 Å². The largest absolute Gasteiger partial charge is 0.385 e. The highest BCUT2D eigenvalue weighted by atomic mass is 32.2. The summed E-state index contributed by atoms with van der Waals surface area (Å²) in [5.41, 5.74) is 1.14. The highest BCUT2D eigenvalue weighted by Crippen LogP contribution is 2.25. The molecule has 1 aromatic rings. The Kier molecular flexibility index (Phi) is 6.29. The maximum Gasteiger partial charge on any atom is 0.133 e. The topological polar surface area (TPSA) is 47.0 Å². The van der Waals surface area contributed by atoms with Crippen molar-refractivity contribution < 1.29 is 4.74 Å². The van der Waals surface area contributed by atoms with Gasteiger partial charge in [0.2, 0.25) is 0 Å². The van der Waals surface area contributed by atoms with Crippen molar-refractivity contribution in [2.45, 2.75) is 32.2 Å². The minimum atomic E-state index is 0.802. The molecule has 4 nitrogen and oxygen atoms in total. The number of hydrogen-bond acceptors (Lipinski definition) is 5. The summed E-state index contributed by atoms with van der Waals surface area (Å²) in [6.45, 7) is 7.75. The molecule has 1 heterocycles. The van der Waals surface area contributed by atoms with Gasteiger partial charge >= 0.3 is 0 Å². The van der Waals surface area contributed by atoms with Crippen LogP contribution >= 0.6 is 11.8 Å². The van der Waals surface area contributed by atoms with Crippen molar-refractivity contribution in [2.24, 2.45) is 0 Å². The summed E-state index contributed by atoms with van der Waals surface area (Å²) in [5, 5.41) is 4.34. The monoisotopic (exact) mass is 255 g/mol. The van der Waals surface area contributed by atoms with Gasteiger partial charge in [-0.05, 0) is 27.2 Å². The molecule has 1 rings (SSSR count). The lowest BCUT2D eigenvalue weighted by Gasteiger charge is -2.11. The predicted octanol–water partition coefficient (Wildman–Crippen LogP) is 2.65. The Balaban J connectivity index is 2.69. The zero-order chi connectivity index (χ0) is 12.7. The minimum absolute atomic E-state index is 0.802. The van der Waals surface area contributed by atoms with Crippen molar-refractivity contribution in [3.8, 4) is 0 Å². The second-order valence-electron chi connectivity index (χ2n) is 3.77. The molecule has 0 radical (unpaired) electrons. The van der Waals surface area contributed by atoms with Gasteiger partial charge in [-0.3, -0.25) is 0 Å². The van der Waals surface area contributed by atoms with Crippen LogP contribution in [-0.2, 0) is 4.74 Å². The highest BCUT2D eigenvalue weighted by Gasteiger charge is 2.08. The number of nitrogens with one attached hydrogen (secondary N) is 1. The van der Waals surface area contributed by atoms with Crippen LogP contribution in [0.15, 0.2) is 5.03 Å². The van der Waals surface area contributed by atoms with E-state index in [1.54, 1.807) is 18.9 Å². The summed E-state index contributed by atoms with van der Waals surface area (Å²) in [6.07, 6.45) is 1.04. The van der Waals surface area contributed by atoms with Gasteiger partial charge in [-0.1, -0.05) is 0 Å². The Morgan fingerprint density at radius 1 is 1.29 bits per heavy atom. The molecule has 0 spiro atoms. The van der Waals surface area contributed by atoms with Crippen LogP contribution in [0.2, 0.25) is 0 Å². The molecule has 96 valence electrons. The van der Waals surface area contributed by atoms with Crippen LogP contribution in [0.25, 0.3) is 0 Å². The lowest BCUT2D eigenvalue weighted by Crippen LogP contribution is -2.06. The Morgan fingerprint density at radius 3 is 2.71 bits per heavy atom. The normalized spacial score (nSPS) is 10.6. The van der Waals surface area contributed by atoms with E-state index in [0.717, 1.165) is 47.6 Å². The van der Waals surface area contributed by atoms with E-state index in [4.69, 9.17) is 4.74 Å². The summed E-state index contributed by atoms with van der Waals surface area (Å²) in [4.78, 5) is 8.89. The molecule has 0 saturated heterocycles. The molecule has 0 aliphatic carbocycles. The Hall–Kier alpha value is -0.810. The Morgan fingerprint density at radius 2 is 2.06 bits per heavy atom. The van der Waals surface area contributed by atoms with Crippen molar-refractivity contribution in [2.75, 3.05) is 31.3 Å². The smallest absolute Gasteiger partial charge is 0.133 e. The van der Waals surface area contributed by atoms with Gasteiger partial charge in [0.25, 0.3) is 0 Å². The lowest BCUT2D eigenvalue weighted by molar-refractivity contribution is 0.200. The molecule has 0 aromatic carbocycles. The van der Waals surface area contributed by atoms with Crippen molar-refractivity contribution in [1.29, 1.82) is 0 Å². The number of aromatic nitrogens is 2. The molecule has 0 unspecified atom stereocenters. The number of hydrogen-bond donors (Lipinski definition) is 1. The molecule has 0 aliphatic rings. The second-order valence-corrected chi connectivity index (χ2v) is 4.86. The van der Waals surface area contributed by atoms with Gasteiger partial charge in [0.05, 0.1) is 0 Å². The maximum atomic E-state index is 5.04. The molecule has 1 aromatic heterocycles. The third kappa shape index (κ3) is 4.52. The number of anilines is 1. The van der Waals surface area contributed by atoms with Crippen molar-refractivity contribution in [3.63, 3.8) is 0 Å². The van der Waals surface area contributed by atoms with Crippen molar-refractivity contribution in [3.05, 3.63) is 11.4 Å². The van der Waals surface area contributed by atoms with Crippen LogP contribution in [0, 0.1) is 13.8 Å². The van der Waals surface area contributed by atoms with E-state index in [-0.39, 0.29) is 0 Å². The number of ether oxygens (including phenoxy) is 1. The van der Waals surface area contributed by atoms with Gasteiger partial charge in [-0.25, -0.2) is 9.97 Å². The predicted molar refractivity (Wildman–Crippen MR) is 72.9 cm³/mol. The SMILES string of the molecule is CCNc1nc(C)nc(SCCCOC)c1C. The van der Waals surface area contributed by atoms with Crippen LogP contribution in [-0.4, -0.2) is 36.0 Å². The summed E-state index contributed by atoms with van der Waals surface area (Å²) in [7, 11) is 1.73. The van der Waals surface area contributed by atoms with Gasteiger partial charge in [0.15, 0.2) is 0 Å². The second kappa shape index (κ2) is 7.50. The molecule has 0 bridgehead atoms. The summed E-state index contributed by atoms with van der Waals surface area (Å²) < 4.78 is 5.04. The number of nitrogens with zero attached hydrogens (tertiary/aromatic N) is 2. The van der Waals surface area contributed by atoms with E-state index in [0.29, 0.717) is 0 Å². The first-order chi connectivity index (χ1) is 8.19. The maximum absolute atomic E-state index is 5.04. The molecular weight excluding hydrogens is 234 g/mol. The van der Waals surface area contributed by atoms with Crippen LogP contribution in [0.1, 0.15) is 24.7 Å². The zero-order valence-corrected chi connectivity index (χ0v) is 11.9. The third-order valence-corrected chi connectivity index (χ3v) is 3.45. The van der Waals surface area contributed by atoms with E-state index >= 15 is 0 Å². The molecule has 1 N–H and O–H groups in total. The molecule has 0 aliphatic heterocycles. The molecule has 0 atom stereocenters. The number of methoxy groups -OCH3 is 1. The first-order valence-corrected chi connectivity index (χ1v) is 6.88. The molecule has 5 heteroatoms. The summed E-state index contributed by atoms with van der Waals surface area (Å²) in [6, 6.07) is 0. The van der Waals surface area contributed by atoms with Crippen molar-refractivity contribution >= 4 is 17.6 Å². The van der Waals surface area contributed by atoms with Crippen molar-refractivity contribution in [1.82, 2.24) is 9.97 Å². The molecule has 0 amide bonds. The van der Waals surface area contributed by atoms with Gasteiger partial charge in [-0.2, -0.15) is 0 Å². The minimum Gasteiger partial charge on any atom is -0.385 e. The van der Waals surface area contributed by atoms with E-state index < -0.39 is 0 Å². The average molecular weight is 255 g/mol.